The first-order valence-corrected chi connectivity index (χ1v) is 11.9. The second-order valence-electron chi connectivity index (χ2n) is 7.08. The Kier molecular flexibility index (Phi) is 8.20. The first-order chi connectivity index (χ1) is 16.3. The van der Waals surface area contributed by atoms with E-state index in [2.05, 4.69) is 15.4 Å². The Bertz CT molecular complexity index is 1250. The molecule has 178 valence electrons. The van der Waals surface area contributed by atoms with Crippen molar-refractivity contribution in [2.24, 2.45) is 0 Å². The summed E-state index contributed by atoms with van der Waals surface area (Å²) in [5, 5.41) is 5.13. The Balaban J connectivity index is 1.51. The molecule has 0 radical (unpaired) electrons. The lowest BCUT2D eigenvalue weighted by Crippen LogP contribution is -2.35. The van der Waals surface area contributed by atoms with E-state index in [0.717, 1.165) is 0 Å². The molecule has 0 spiro atoms. The maximum atomic E-state index is 13.6. The molecule has 0 fully saturated rings. The normalized spacial score (nSPS) is 10.9. The van der Waals surface area contributed by atoms with E-state index in [4.69, 9.17) is 4.74 Å². The molecular weight excluding hydrogens is 461 g/mol. The van der Waals surface area contributed by atoms with Crippen LogP contribution in [0.3, 0.4) is 0 Å². The van der Waals surface area contributed by atoms with Crippen LogP contribution in [0.4, 0.5) is 10.1 Å². The van der Waals surface area contributed by atoms with Gasteiger partial charge in [0.1, 0.15) is 11.6 Å². The molecule has 3 rings (SSSR count). The number of amides is 2. The summed E-state index contributed by atoms with van der Waals surface area (Å²) in [6, 6.07) is 17.5. The average molecular weight is 486 g/mol. The van der Waals surface area contributed by atoms with Crippen molar-refractivity contribution >= 4 is 27.5 Å². The molecule has 0 bridgehead atoms. The van der Waals surface area contributed by atoms with Crippen LogP contribution in [0.25, 0.3) is 0 Å². The van der Waals surface area contributed by atoms with Gasteiger partial charge in [-0.05, 0) is 67.6 Å². The van der Waals surface area contributed by atoms with Gasteiger partial charge in [0.15, 0.2) is 0 Å². The maximum Gasteiger partial charge on any atom is 0.261 e. The fourth-order valence-electron chi connectivity index (χ4n) is 2.98. The van der Waals surface area contributed by atoms with Crippen LogP contribution in [0.5, 0.6) is 5.75 Å². The van der Waals surface area contributed by atoms with E-state index in [0.29, 0.717) is 18.0 Å². The Morgan fingerprint density at radius 2 is 1.47 bits per heavy atom. The fourth-order valence-corrected chi connectivity index (χ4v) is 4.04. The van der Waals surface area contributed by atoms with Crippen molar-refractivity contribution in [1.29, 1.82) is 0 Å². The fraction of sp³-hybridized carbons (Fsp3) is 0.167. The molecule has 0 heterocycles. The number of carbonyl (C=O) groups is 2. The van der Waals surface area contributed by atoms with Gasteiger partial charge >= 0.3 is 0 Å². The zero-order chi connectivity index (χ0) is 24.6. The molecule has 0 aliphatic rings. The quantitative estimate of drug-likeness (QED) is 0.382. The van der Waals surface area contributed by atoms with Crippen molar-refractivity contribution in [3.05, 3.63) is 89.7 Å². The summed E-state index contributed by atoms with van der Waals surface area (Å²) >= 11 is 0. The third-order valence-electron chi connectivity index (χ3n) is 4.66. The van der Waals surface area contributed by atoms with Gasteiger partial charge in [-0.25, -0.2) is 12.8 Å². The number of hydrogen-bond donors (Lipinski definition) is 3. The predicted molar refractivity (Wildman–Crippen MR) is 126 cm³/mol. The number of halogens is 1. The summed E-state index contributed by atoms with van der Waals surface area (Å²) in [4.78, 5) is 24.2. The lowest BCUT2D eigenvalue weighted by atomic mass is 10.2. The van der Waals surface area contributed by atoms with Crippen molar-refractivity contribution in [2.45, 2.75) is 11.8 Å². The van der Waals surface area contributed by atoms with E-state index >= 15 is 0 Å². The minimum Gasteiger partial charge on any atom is -0.494 e. The smallest absolute Gasteiger partial charge is 0.261 e. The molecule has 0 aromatic heterocycles. The molecule has 10 heteroatoms. The molecule has 0 aliphatic carbocycles. The highest BCUT2D eigenvalue weighted by molar-refractivity contribution is 7.92. The van der Waals surface area contributed by atoms with Gasteiger partial charge in [-0.15, -0.1) is 0 Å². The average Bonchev–Trinajstić information content (AvgIpc) is 2.83. The number of sulfonamides is 1. The van der Waals surface area contributed by atoms with Gasteiger partial charge in [-0.3, -0.25) is 14.3 Å². The van der Waals surface area contributed by atoms with Crippen molar-refractivity contribution in [1.82, 2.24) is 10.6 Å². The highest BCUT2D eigenvalue weighted by Gasteiger charge is 2.16. The van der Waals surface area contributed by atoms with E-state index in [1.165, 1.54) is 42.5 Å². The number of benzene rings is 3. The molecule has 3 aromatic rings. The van der Waals surface area contributed by atoms with E-state index in [9.17, 15) is 22.4 Å². The van der Waals surface area contributed by atoms with Crippen LogP contribution in [0.1, 0.15) is 27.6 Å². The topological polar surface area (TPSA) is 114 Å². The molecule has 3 N–H and O–H groups in total. The minimum absolute atomic E-state index is 0.00455. The van der Waals surface area contributed by atoms with Gasteiger partial charge in [-0.2, -0.15) is 0 Å². The number of rotatable bonds is 10. The minimum atomic E-state index is -3.84. The Morgan fingerprint density at radius 1 is 0.853 bits per heavy atom. The van der Waals surface area contributed by atoms with Crippen molar-refractivity contribution in [2.75, 3.05) is 24.4 Å². The van der Waals surface area contributed by atoms with Crippen LogP contribution in [0.2, 0.25) is 0 Å². The van der Waals surface area contributed by atoms with E-state index in [1.807, 2.05) is 6.92 Å². The third-order valence-corrected chi connectivity index (χ3v) is 6.06. The second kappa shape index (κ2) is 11.3. The zero-order valence-corrected chi connectivity index (χ0v) is 19.2. The largest absolute Gasteiger partial charge is 0.494 e. The molecule has 2 amide bonds. The summed E-state index contributed by atoms with van der Waals surface area (Å²) in [6.07, 6.45) is 0. The lowest BCUT2D eigenvalue weighted by molar-refractivity contribution is 0.0925. The molecule has 0 unspecified atom stereocenters. The van der Waals surface area contributed by atoms with Crippen LogP contribution in [0, 0.1) is 5.82 Å². The van der Waals surface area contributed by atoms with Crippen LogP contribution in [-0.4, -0.2) is 39.9 Å². The number of hydrogen-bond acceptors (Lipinski definition) is 5. The van der Waals surface area contributed by atoms with Gasteiger partial charge in [0.05, 0.1) is 17.1 Å². The summed E-state index contributed by atoms with van der Waals surface area (Å²) in [6.45, 7) is 2.57. The molecule has 0 saturated carbocycles. The van der Waals surface area contributed by atoms with Crippen molar-refractivity contribution in [3.8, 4) is 5.75 Å². The number of nitrogens with one attached hydrogen (secondary N) is 3. The van der Waals surface area contributed by atoms with E-state index in [1.54, 1.807) is 30.3 Å². The van der Waals surface area contributed by atoms with E-state index in [-0.39, 0.29) is 29.1 Å². The number of carbonyl (C=O) groups excluding carboxylic acids is 2. The first-order valence-electron chi connectivity index (χ1n) is 10.5. The summed E-state index contributed by atoms with van der Waals surface area (Å²) in [7, 11) is -3.84. The van der Waals surface area contributed by atoms with E-state index < -0.39 is 27.7 Å². The lowest BCUT2D eigenvalue weighted by Gasteiger charge is -2.10. The standard InChI is InChI=1S/C24H24FN3O5S/c1-2-33-19-11-9-18(10-12-19)28-34(31,32)20-13-7-17(8-14-20)23(29)26-15-16-27-24(30)21-5-3-4-6-22(21)25/h3-14,28H,2,15-16H2,1H3,(H,26,29)(H,27,30). The molecular formula is C24H24FN3O5S. The molecule has 0 saturated heterocycles. The van der Waals surface area contributed by atoms with Crippen LogP contribution in [0.15, 0.2) is 77.7 Å². The van der Waals surface area contributed by atoms with Gasteiger partial charge < -0.3 is 15.4 Å². The van der Waals surface area contributed by atoms with Gasteiger partial charge in [0, 0.05) is 24.3 Å². The molecule has 0 atom stereocenters. The van der Waals surface area contributed by atoms with Crippen LogP contribution in [-0.2, 0) is 10.0 Å². The first kappa shape index (κ1) is 24.7. The van der Waals surface area contributed by atoms with Crippen LogP contribution < -0.4 is 20.1 Å². The van der Waals surface area contributed by atoms with Gasteiger partial charge in [-0.1, -0.05) is 12.1 Å². The van der Waals surface area contributed by atoms with Gasteiger partial charge in [0.25, 0.3) is 21.8 Å². The summed E-state index contributed by atoms with van der Waals surface area (Å²) in [5.74, 6) is -1.02. The third kappa shape index (κ3) is 6.55. The van der Waals surface area contributed by atoms with Crippen molar-refractivity contribution < 1.29 is 27.1 Å². The predicted octanol–water partition coefficient (Wildman–Crippen LogP) is 3.19. The van der Waals surface area contributed by atoms with Crippen LogP contribution >= 0.6 is 0 Å². The SMILES string of the molecule is CCOc1ccc(NS(=O)(=O)c2ccc(C(=O)NCCNC(=O)c3ccccc3F)cc2)cc1. The molecule has 0 aliphatic heterocycles. The zero-order valence-electron chi connectivity index (χ0n) is 18.4. The Morgan fingerprint density at radius 3 is 2.09 bits per heavy atom. The number of ether oxygens (including phenoxy) is 1. The Hall–Kier alpha value is -3.92. The molecule has 8 nitrogen and oxygen atoms in total. The van der Waals surface area contributed by atoms with Gasteiger partial charge in [0.2, 0.25) is 0 Å². The van der Waals surface area contributed by atoms with Crippen molar-refractivity contribution in [3.63, 3.8) is 0 Å². The monoisotopic (exact) mass is 485 g/mol. The molecule has 34 heavy (non-hydrogen) atoms. The number of anilines is 1. The highest BCUT2D eigenvalue weighted by atomic mass is 32.2. The molecule has 3 aromatic carbocycles. The Labute approximate surface area is 197 Å². The second-order valence-corrected chi connectivity index (χ2v) is 8.76. The summed E-state index contributed by atoms with van der Waals surface area (Å²) < 4.78 is 46.6. The summed E-state index contributed by atoms with van der Waals surface area (Å²) in [5.41, 5.74) is 0.549. The maximum absolute atomic E-state index is 13.6. The highest BCUT2D eigenvalue weighted by Crippen LogP contribution is 2.20.